The first-order chi connectivity index (χ1) is 7.75. The Morgan fingerprint density at radius 1 is 1.25 bits per heavy atom. The Balaban J connectivity index is 1.61. The molecule has 2 heteroatoms. The van der Waals surface area contributed by atoms with Gasteiger partial charge in [0.25, 0.3) is 0 Å². The number of hydrogen-bond acceptors (Lipinski definition) is 2. The van der Waals surface area contributed by atoms with Gasteiger partial charge in [-0.1, -0.05) is 25.7 Å². The number of nitrogens with one attached hydrogen (secondary N) is 1. The molecule has 0 radical (unpaired) electrons. The maximum Gasteiger partial charge on any atom is 0.0700 e. The monoisotopic (exact) mass is 225 g/mol. The van der Waals surface area contributed by atoms with Crippen LogP contribution in [0.4, 0.5) is 0 Å². The maximum absolute atomic E-state index is 5.58. The summed E-state index contributed by atoms with van der Waals surface area (Å²) in [6.45, 7) is 5.46. The zero-order valence-corrected chi connectivity index (χ0v) is 10.9. The van der Waals surface area contributed by atoms with E-state index in [1.54, 1.807) is 0 Å². The Labute approximate surface area is 100 Å². The molecule has 1 saturated carbocycles. The Bertz CT molecular complexity index is 201. The molecule has 0 aromatic carbocycles. The van der Waals surface area contributed by atoms with Crippen LogP contribution in [0.15, 0.2) is 0 Å². The first-order valence-electron chi connectivity index (χ1n) is 7.13. The lowest BCUT2D eigenvalue weighted by Gasteiger charge is -2.22. The van der Waals surface area contributed by atoms with Crippen LogP contribution in [0.5, 0.6) is 0 Å². The van der Waals surface area contributed by atoms with Crippen molar-refractivity contribution in [2.24, 2.45) is 5.92 Å². The van der Waals surface area contributed by atoms with Crippen molar-refractivity contribution in [1.29, 1.82) is 0 Å². The molecule has 2 fully saturated rings. The number of hydrogen-bond donors (Lipinski definition) is 1. The highest BCUT2D eigenvalue weighted by molar-refractivity contribution is 4.82. The van der Waals surface area contributed by atoms with Crippen molar-refractivity contribution in [3.05, 3.63) is 0 Å². The highest BCUT2D eigenvalue weighted by Crippen LogP contribution is 2.29. The van der Waals surface area contributed by atoms with Crippen molar-refractivity contribution in [1.82, 2.24) is 5.32 Å². The van der Waals surface area contributed by atoms with Gasteiger partial charge in [-0.05, 0) is 39.0 Å². The van der Waals surface area contributed by atoms with Gasteiger partial charge in [0, 0.05) is 18.7 Å². The molecule has 1 saturated heterocycles. The summed E-state index contributed by atoms with van der Waals surface area (Å²) in [6.07, 6.45) is 10.3. The van der Waals surface area contributed by atoms with E-state index in [2.05, 4.69) is 19.2 Å². The number of rotatable bonds is 5. The first kappa shape index (κ1) is 12.4. The van der Waals surface area contributed by atoms with E-state index in [0.717, 1.165) is 12.5 Å². The minimum Gasteiger partial charge on any atom is -0.377 e. The standard InChI is InChI=1S/C14H27NO/c1-11(7-8-13-5-3-4-6-13)15-14-9-10-16-12(14)2/h11-15H,3-10H2,1-2H3. The minimum absolute atomic E-state index is 0.411. The van der Waals surface area contributed by atoms with Gasteiger partial charge in [-0.2, -0.15) is 0 Å². The van der Waals surface area contributed by atoms with E-state index in [1.165, 1.54) is 44.9 Å². The van der Waals surface area contributed by atoms with Crippen LogP contribution in [0.2, 0.25) is 0 Å². The third-order valence-corrected chi connectivity index (χ3v) is 4.36. The molecule has 1 aliphatic heterocycles. The van der Waals surface area contributed by atoms with Gasteiger partial charge in [0.2, 0.25) is 0 Å². The predicted molar refractivity (Wildman–Crippen MR) is 67.6 cm³/mol. The molecule has 1 N–H and O–H groups in total. The van der Waals surface area contributed by atoms with Gasteiger partial charge in [0.15, 0.2) is 0 Å². The molecule has 1 heterocycles. The van der Waals surface area contributed by atoms with E-state index in [1.807, 2.05) is 0 Å². The van der Waals surface area contributed by atoms with Gasteiger partial charge < -0.3 is 10.1 Å². The lowest BCUT2D eigenvalue weighted by Crippen LogP contribution is -2.40. The number of ether oxygens (including phenoxy) is 1. The predicted octanol–water partition coefficient (Wildman–Crippen LogP) is 3.11. The smallest absolute Gasteiger partial charge is 0.0700 e. The normalized spacial score (nSPS) is 33.4. The van der Waals surface area contributed by atoms with Crippen molar-refractivity contribution >= 4 is 0 Å². The molecular formula is C14H27NO. The Morgan fingerprint density at radius 2 is 2.00 bits per heavy atom. The lowest BCUT2D eigenvalue weighted by atomic mass is 9.98. The van der Waals surface area contributed by atoms with Crippen LogP contribution in [-0.4, -0.2) is 24.8 Å². The lowest BCUT2D eigenvalue weighted by molar-refractivity contribution is 0.111. The Kier molecular flexibility index (Phi) is 4.66. The molecule has 16 heavy (non-hydrogen) atoms. The summed E-state index contributed by atoms with van der Waals surface area (Å²) in [7, 11) is 0. The van der Waals surface area contributed by atoms with Gasteiger partial charge >= 0.3 is 0 Å². The molecule has 2 nitrogen and oxygen atoms in total. The molecule has 0 amide bonds. The fraction of sp³-hybridized carbons (Fsp3) is 1.00. The second-order valence-electron chi connectivity index (χ2n) is 5.77. The molecule has 1 aliphatic carbocycles. The van der Waals surface area contributed by atoms with E-state index in [9.17, 15) is 0 Å². The second kappa shape index (κ2) is 6.02. The van der Waals surface area contributed by atoms with E-state index in [-0.39, 0.29) is 0 Å². The molecule has 0 aromatic rings. The minimum atomic E-state index is 0.411. The highest BCUT2D eigenvalue weighted by atomic mass is 16.5. The largest absolute Gasteiger partial charge is 0.377 e. The molecule has 2 aliphatic rings. The fourth-order valence-electron chi connectivity index (χ4n) is 3.18. The Morgan fingerprint density at radius 3 is 2.62 bits per heavy atom. The zero-order valence-electron chi connectivity index (χ0n) is 10.9. The van der Waals surface area contributed by atoms with Crippen molar-refractivity contribution in [3.8, 4) is 0 Å². The molecule has 94 valence electrons. The van der Waals surface area contributed by atoms with E-state index in [4.69, 9.17) is 4.74 Å². The van der Waals surface area contributed by atoms with Crippen molar-refractivity contribution in [3.63, 3.8) is 0 Å². The van der Waals surface area contributed by atoms with Gasteiger partial charge in [-0.15, -0.1) is 0 Å². The summed E-state index contributed by atoms with van der Waals surface area (Å²) in [5, 5.41) is 3.73. The average Bonchev–Trinajstić information content (AvgIpc) is 2.88. The van der Waals surface area contributed by atoms with E-state index >= 15 is 0 Å². The van der Waals surface area contributed by atoms with Crippen LogP contribution in [0.1, 0.15) is 58.8 Å². The van der Waals surface area contributed by atoms with Crippen LogP contribution < -0.4 is 5.32 Å². The SMILES string of the molecule is CC(CCC1CCCC1)NC1CCOC1C. The van der Waals surface area contributed by atoms with Gasteiger partial charge in [0.1, 0.15) is 0 Å². The van der Waals surface area contributed by atoms with Gasteiger partial charge in [-0.25, -0.2) is 0 Å². The van der Waals surface area contributed by atoms with Gasteiger partial charge in [-0.3, -0.25) is 0 Å². The third kappa shape index (κ3) is 3.46. The Hall–Kier alpha value is -0.0800. The second-order valence-corrected chi connectivity index (χ2v) is 5.77. The molecule has 3 unspecified atom stereocenters. The third-order valence-electron chi connectivity index (χ3n) is 4.36. The van der Waals surface area contributed by atoms with Crippen LogP contribution >= 0.6 is 0 Å². The van der Waals surface area contributed by atoms with Crippen molar-refractivity contribution < 1.29 is 4.74 Å². The van der Waals surface area contributed by atoms with Crippen molar-refractivity contribution in [2.75, 3.05) is 6.61 Å². The highest BCUT2D eigenvalue weighted by Gasteiger charge is 2.25. The van der Waals surface area contributed by atoms with Crippen LogP contribution in [0.3, 0.4) is 0 Å². The summed E-state index contributed by atoms with van der Waals surface area (Å²) in [5.74, 6) is 1.03. The summed E-state index contributed by atoms with van der Waals surface area (Å²) in [4.78, 5) is 0. The van der Waals surface area contributed by atoms with Crippen LogP contribution in [0.25, 0.3) is 0 Å². The van der Waals surface area contributed by atoms with E-state index < -0.39 is 0 Å². The molecule has 0 bridgehead atoms. The zero-order chi connectivity index (χ0) is 11.4. The quantitative estimate of drug-likeness (QED) is 0.776. The molecule has 2 rings (SSSR count). The summed E-state index contributed by atoms with van der Waals surface area (Å²) < 4.78 is 5.58. The first-order valence-corrected chi connectivity index (χ1v) is 7.13. The van der Waals surface area contributed by atoms with Crippen LogP contribution in [0, 0.1) is 5.92 Å². The fourth-order valence-corrected chi connectivity index (χ4v) is 3.18. The summed E-state index contributed by atoms with van der Waals surface area (Å²) >= 11 is 0. The molecule has 0 aromatic heterocycles. The molecule has 0 spiro atoms. The summed E-state index contributed by atoms with van der Waals surface area (Å²) in [6, 6.07) is 1.26. The van der Waals surface area contributed by atoms with E-state index in [0.29, 0.717) is 18.2 Å². The summed E-state index contributed by atoms with van der Waals surface area (Å²) in [5.41, 5.74) is 0. The van der Waals surface area contributed by atoms with Gasteiger partial charge in [0.05, 0.1) is 6.10 Å². The molecular weight excluding hydrogens is 198 g/mol. The van der Waals surface area contributed by atoms with Crippen molar-refractivity contribution in [2.45, 2.75) is 77.0 Å². The maximum atomic E-state index is 5.58. The topological polar surface area (TPSA) is 21.3 Å². The molecule has 3 atom stereocenters. The average molecular weight is 225 g/mol. The van der Waals surface area contributed by atoms with Crippen LogP contribution in [-0.2, 0) is 4.74 Å².